The first kappa shape index (κ1) is 15.1. The fourth-order valence-corrected chi connectivity index (χ4v) is 2.47. The van der Waals surface area contributed by atoms with E-state index in [0.717, 1.165) is 6.07 Å². The van der Waals surface area contributed by atoms with Crippen molar-refractivity contribution in [1.82, 2.24) is 0 Å². The number of hydrogen-bond acceptors (Lipinski definition) is 4. The molecule has 0 amide bonds. The Balaban J connectivity index is 0.00000225. The Morgan fingerprint density at radius 1 is 1.50 bits per heavy atom. The van der Waals surface area contributed by atoms with Gasteiger partial charge in [-0.1, -0.05) is 0 Å². The Hall–Kier alpha value is -0.880. The lowest BCUT2D eigenvalue weighted by molar-refractivity contribution is -0.00000762. The number of halogens is 2. The third-order valence-electron chi connectivity index (χ3n) is 1.62. The Bertz CT molecular complexity index is 540. The van der Waals surface area contributed by atoms with Gasteiger partial charge in [0, 0.05) is 10.5 Å². The molecule has 0 atom stereocenters. The van der Waals surface area contributed by atoms with Crippen LogP contribution < -0.4 is 17.1 Å². The number of benzene rings is 1. The van der Waals surface area contributed by atoms with E-state index in [1.165, 1.54) is 13.2 Å². The molecule has 0 heterocycles. The summed E-state index contributed by atoms with van der Waals surface area (Å²) in [6.07, 6.45) is 0. The third kappa shape index (κ3) is 3.05. The minimum Gasteiger partial charge on any atom is -1.00 e. The summed E-state index contributed by atoms with van der Waals surface area (Å²) in [6, 6.07) is 2.26. The van der Waals surface area contributed by atoms with Gasteiger partial charge in [-0.05, 0) is 15.9 Å². The highest BCUT2D eigenvalue weighted by Gasteiger charge is 2.24. The average Bonchev–Trinajstić information content (AvgIpc) is 2.15. The highest BCUT2D eigenvalue weighted by molar-refractivity contribution is 9.10. The van der Waals surface area contributed by atoms with Crippen LogP contribution in [0.5, 0.6) is 5.75 Å². The van der Waals surface area contributed by atoms with Crippen molar-refractivity contribution >= 4 is 31.7 Å². The zero-order valence-electron chi connectivity index (χ0n) is 7.89. The summed E-state index contributed by atoms with van der Waals surface area (Å²) in [7, 11) is -3.03. The van der Waals surface area contributed by atoms with Crippen molar-refractivity contribution in [1.29, 1.82) is 5.39 Å². The van der Waals surface area contributed by atoms with Crippen LogP contribution in [0.15, 0.2) is 21.5 Å². The smallest absolute Gasteiger partial charge is 0.427 e. The summed E-state index contributed by atoms with van der Waals surface area (Å²) >= 11 is 2.94. The molecule has 1 aromatic rings. The summed E-state index contributed by atoms with van der Waals surface area (Å²) in [5.74, 6) is 0.178. The molecule has 0 aromatic heterocycles. The van der Waals surface area contributed by atoms with Crippen LogP contribution in [-0.2, 0) is 10.1 Å². The van der Waals surface area contributed by atoms with Crippen LogP contribution in [0.1, 0.15) is 0 Å². The molecule has 1 aromatic carbocycles. The molecule has 0 unspecified atom stereocenters. The van der Waals surface area contributed by atoms with Gasteiger partial charge in [0.25, 0.3) is 10.1 Å². The molecule has 0 spiro atoms. The number of ether oxygens (including phenoxy) is 1. The summed E-state index contributed by atoms with van der Waals surface area (Å²) in [6.45, 7) is 0. The molecule has 1 N–H and O–H groups in total. The standard InChI is InChI=1S/C7H5BrN2O4S.ClH/c1-14-6-2-4(8)7(15(11,12)13)3-5(6)10-9;/h2-3H,1H3;1H. The first-order valence-corrected chi connectivity index (χ1v) is 5.83. The normalized spacial score (nSPS) is 10.1. The monoisotopic (exact) mass is 328 g/mol. The molecule has 16 heavy (non-hydrogen) atoms. The molecule has 0 saturated heterocycles. The highest BCUT2D eigenvalue weighted by Crippen LogP contribution is 2.35. The predicted octanol–water partition coefficient (Wildman–Crippen LogP) is -0.807. The quantitative estimate of drug-likeness (QED) is 0.566. The predicted molar refractivity (Wildman–Crippen MR) is 55.3 cm³/mol. The van der Waals surface area contributed by atoms with Crippen LogP contribution >= 0.6 is 15.9 Å². The zero-order chi connectivity index (χ0) is 11.6. The second-order valence-corrected chi connectivity index (χ2v) is 4.77. The average molecular weight is 330 g/mol. The van der Waals surface area contributed by atoms with Crippen LogP contribution in [0.2, 0.25) is 0 Å². The number of diazo groups is 1. The van der Waals surface area contributed by atoms with E-state index < -0.39 is 15.0 Å². The maximum absolute atomic E-state index is 10.9. The van der Waals surface area contributed by atoms with Crippen molar-refractivity contribution in [3.05, 3.63) is 21.6 Å². The van der Waals surface area contributed by atoms with Crippen LogP contribution in [0.25, 0.3) is 4.98 Å². The number of hydrogen-bond donors (Lipinski definition) is 1. The first-order valence-electron chi connectivity index (χ1n) is 3.60. The van der Waals surface area contributed by atoms with E-state index in [-0.39, 0.29) is 28.3 Å². The van der Waals surface area contributed by atoms with Crippen molar-refractivity contribution in [2.24, 2.45) is 0 Å². The van der Waals surface area contributed by atoms with Crippen LogP contribution in [-0.4, -0.2) is 20.1 Å². The van der Waals surface area contributed by atoms with Crippen molar-refractivity contribution in [3.8, 4) is 5.75 Å². The van der Waals surface area contributed by atoms with E-state index >= 15 is 0 Å². The Morgan fingerprint density at radius 3 is 2.44 bits per heavy atom. The molecule has 0 bridgehead atoms. The summed E-state index contributed by atoms with van der Waals surface area (Å²) in [4.78, 5) is 2.44. The van der Waals surface area contributed by atoms with E-state index in [4.69, 9.17) is 14.7 Å². The topological polar surface area (TPSA) is 91.8 Å². The Labute approximate surface area is 107 Å². The van der Waals surface area contributed by atoms with Crippen LogP contribution in [0.3, 0.4) is 0 Å². The lowest BCUT2D eigenvalue weighted by Crippen LogP contribution is -3.00. The fourth-order valence-electron chi connectivity index (χ4n) is 0.964. The highest BCUT2D eigenvalue weighted by atomic mass is 79.9. The maximum Gasteiger partial charge on any atom is 0.427 e. The molecule has 88 valence electrons. The number of methoxy groups -OCH3 is 1. The molecule has 6 nitrogen and oxygen atoms in total. The number of nitrogens with zero attached hydrogens (tertiary/aromatic N) is 2. The molecule has 0 fully saturated rings. The molecular formula is C7H6BrClN2O4S. The van der Waals surface area contributed by atoms with Gasteiger partial charge in [-0.25, -0.2) is 0 Å². The van der Waals surface area contributed by atoms with Crippen molar-refractivity contribution in [2.75, 3.05) is 7.11 Å². The molecular weight excluding hydrogens is 324 g/mol. The Morgan fingerprint density at radius 2 is 2.06 bits per heavy atom. The van der Waals surface area contributed by atoms with Gasteiger partial charge in [0.2, 0.25) is 11.1 Å². The molecule has 1 rings (SSSR count). The summed E-state index contributed by atoms with van der Waals surface area (Å²) < 4.78 is 35.5. The lowest BCUT2D eigenvalue weighted by Gasteiger charge is -2.01. The molecule has 0 radical (unpaired) electrons. The van der Waals surface area contributed by atoms with E-state index in [0.29, 0.717) is 0 Å². The van der Waals surface area contributed by atoms with E-state index in [9.17, 15) is 8.42 Å². The second-order valence-electron chi connectivity index (χ2n) is 2.53. The van der Waals surface area contributed by atoms with Crippen molar-refractivity contribution in [2.45, 2.75) is 4.90 Å². The largest absolute Gasteiger partial charge is 1.00 e. The van der Waals surface area contributed by atoms with Gasteiger partial charge >= 0.3 is 5.69 Å². The molecule has 0 aliphatic carbocycles. The number of rotatable bonds is 2. The van der Waals surface area contributed by atoms with Crippen molar-refractivity contribution in [3.63, 3.8) is 0 Å². The van der Waals surface area contributed by atoms with E-state index in [1.807, 2.05) is 0 Å². The van der Waals surface area contributed by atoms with Gasteiger partial charge in [-0.3, -0.25) is 4.55 Å². The lowest BCUT2D eigenvalue weighted by atomic mass is 10.3. The zero-order valence-corrected chi connectivity index (χ0v) is 11.0. The minimum atomic E-state index is -4.36. The summed E-state index contributed by atoms with van der Waals surface area (Å²) in [5, 5.41) is 8.58. The third-order valence-corrected chi connectivity index (χ3v) is 3.43. The fraction of sp³-hybridized carbons (Fsp3) is 0.143. The van der Waals surface area contributed by atoms with Gasteiger partial charge in [0.1, 0.15) is 4.90 Å². The minimum absolute atomic E-state index is 0. The molecule has 0 saturated carbocycles. The second kappa shape index (κ2) is 5.45. The SMILES string of the molecule is COc1cc(Br)c(S(=O)(=O)O)cc1[N+]#N.[Cl-]. The van der Waals surface area contributed by atoms with Gasteiger partial charge in [0.05, 0.1) is 13.2 Å². The maximum atomic E-state index is 10.9. The molecule has 0 aliphatic rings. The van der Waals surface area contributed by atoms with Gasteiger partial charge in [0.15, 0.2) is 4.98 Å². The van der Waals surface area contributed by atoms with Gasteiger partial charge < -0.3 is 17.1 Å². The van der Waals surface area contributed by atoms with Gasteiger partial charge in [-0.2, -0.15) is 8.42 Å². The van der Waals surface area contributed by atoms with Gasteiger partial charge in [-0.15, -0.1) is 0 Å². The Kier molecular flexibility index (Phi) is 5.15. The van der Waals surface area contributed by atoms with E-state index in [2.05, 4.69) is 20.9 Å². The van der Waals surface area contributed by atoms with Crippen LogP contribution in [0.4, 0.5) is 5.69 Å². The van der Waals surface area contributed by atoms with E-state index in [1.54, 1.807) is 0 Å². The summed E-state index contributed by atoms with van der Waals surface area (Å²) in [5.41, 5.74) is -0.0895. The molecule has 9 heteroatoms. The first-order chi connectivity index (χ1) is 6.90. The van der Waals surface area contributed by atoms with Crippen molar-refractivity contribution < 1.29 is 30.1 Å². The molecule has 0 aliphatic heterocycles. The van der Waals surface area contributed by atoms with Crippen LogP contribution in [0, 0.1) is 5.39 Å².